The van der Waals surface area contributed by atoms with Crippen LogP contribution in [0.4, 0.5) is 8.78 Å². The van der Waals surface area contributed by atoms with Gasteiger partial charge in [0.1, 0.15) is 11.6 Å². The molecule has 3 nitrogen and oxygen atoms in total. The molecule has 0 saturated carbocycles. The summed E-state index contributed by atoms with van der Waals surface area (Å²) in [5.41, 5.74) is 1.39. The van der Waals surface area contributed by atoms with Crippen molar-refractivity contribution in [3.05, 3.63) is 35.0 Å². The van der Waals surface area contributed by atoms with Crippen molar-refractivity contribution in [2.45, 2.75) is 51.4 Å². The van der Waals surface area contributed by atoms with Gasteiger partial charge in [0.25, 0.3) is 0 Å². The number of hydrogen-bond donors (Lipinski definition) is 1. The van der Waals surface area contributed by atoms with E-state index in [1.54, 1.807) is 6.92 Å². The monoisotopic (exact) mass is 321 g/mol. The Morgan fingerprint density at radius 2 is 2.04 bits per heavy atom. The molecule has 0 saturated heterocycles. The minimum absolute atomic E-state index is 0.207. The number of halogens is 2. The highest BCUT2D eigenvalue weighted by Gasteiger charge is 2.40. The van der Waals surface area contributed by atoms with E-state index in [9.17, 15) is 13.6 Å². The third kappa shape index (κ3) is 2.52. The quantitative estimate of drug-likeness (QED) is 0.849. The number of carbonyl (C=O) groups excluding carboxylic acids is 1. The molecule has 1 aromatic heterocycles. The zero-order chi connectivity index (χ0) is 16.6. The van der Waals surface area contributed by atoms with Gasteiger partial charge in [-0.15, -0.1) is 0 Å². The fourth-order valence-electron chi connectivity index (χ4n) is 3.87. The first-order valence-electron chi connectivity index (χ1n) is 8.17. The number of aromatic amines is 1. The Morgan fingerprint density at radius 1 is 1.30 bits per heavy atom. The van der Waals surface area contributed by atoms with Crippen LogP contribution >= 0.6 is 0 Å². The number of aryl methyl sites for hydroxylation is 1. The van der Waals surface area contributed by atoms with Gasteiger partial charge >= 0.3 is 5.97 Å². The second-order valence-corrected chi connectivity index (χ2v) is 6.23. The number of benzene rings is 1. The first-order chi connectivity index (χ1) is 11.0. The number of fused-ring (bicyclic) bond motifs is 3. The second-order valence-electron chi connectivity index (χ2n) is 6.23. The molecule has 124 valence electrons. The minimum Gasteiger partial charge on any atom is -0.466 e. The molecule has 1 unspecified atom stereocenters. The van der Waals surface area contributed by atoms with Crippen LogP contribution in [0.15, 0.2) is 12.1 Å². The lowest BCUT2D eigenvalue weighted by Gasteiger charge is -2.36. The molecule has 0 bridgehead atoms. The Hall–Kier alpha value is -1.91. The van der Waals surface area contributed by atoms with E-state index in [0.29, 0.717) is 18.4 Å². The summed E-state index contributed by atoms with van der Waals surface area (Å²) >= 11 is 0. The highest BCUT2D eigenvalue weighted by Crippen LogP contribution is 2.45. The molecule has 0 amide bonds. The molecule has 23 heavy (non-hydrogen) atoms. The fraction of sp³-hybridized carbons (Fsp3) is 0.500. The average Bonchev–Trinajstić information content (AvgIpc) is 2.93. The maximum atomic E-state index is 14.2. The van der Waals surface area contributed by atoms with Gasteiger partial charge in [-0.1, -0.05) is 6.92 Å². The molecule has 2 aromatic rings. The summed E-state index contributed by atoms with van der Waals surface area (Å²) in [5, 5.41) is 0.335. The number of carbonyl (C=O) groups is 1. The van der Waals surface area contributed by atoms with Gasteiger partial charge < -0.3 is 9.72 Å². The molecule has 0 radical (unpaired) electrons. The zero-order valence-corrected chi connectivity index (χ0v) is 13.5. The lowest BCUT2D eigenvalue weighted by Crippen LogP contribution is -2.33. The van der Waals surface area contributed by atoms with Crippen molar-refractivity contribution in [1.82, 2.24) is 4.98 Å². The highest BCUT2D eigenvalue weighted by molar-refractivity contribution is 5.87. The Labute approximate surface area is 134 Å². The maximum Gasteiger partial charge on any atom is 0.306 e. The molecule has 0 aliphatic heterocycles. The van der Waals surface area contributed by atoms with Gasteiger partial charge in [0.2, 0.25) is 0 Å². The van der Waals surface area contributed by atoms with E-state index in [1.165, 1.54) is 6.07 Å². The van der Waals surface area contributed by atoms with Crippen LogP contribution in [0.5, 0.6) is 0 Å². The topological polar surface area (TPSA) is 42.1 Å². The van der Waals surface area contributed by atoms with Crippen molar-refractivity contribution >= 4 is 16.9 Å². The van der Waals surface area contributed by atoms with Crippen LogP contribution in [0.1, 0.15) is 50.8 Å². The largest absolute Gasteiger partial charge is 0.466 e. The van der Waals surface area contributed by atoms with E-state index in [2.05, 4.69) is 4.98 Å². The molecule has 0 fully saturated rings. The van der Waals surface area contributed by atoms with E-state index in [0.717, 1.165) is 36.6 Å². The summed E-state index contributed by atoms with van der Waals surface area (Å²) in [6.45, 7) is 4.12. The third-order valence-corrected chi connectivity index (χ3v) is 5.03. The molecular weight excluding hydrogens is 300 g/mol. The Morgan fingerprint density at radius 3 is 2.74 bits per heavy atom. The summed E-state index contributed by atoms with van der Waals surface area (Å²) in [6.07, 6.45) is 3.31. The van der Waals surface area contributed by atoms with E-state index in [4.69, 9.17) is 4.74 Å². The molecular formula is C18H21F2NO2. The number of ether oxygens (including phenoxy) is 1. The standard InChI is InChI=1S/C18H21F2NO2/c1-3-18(10-14(22)23-4-2)9-5-6-11-15-12(19)7-8-13(20)16(15)21-17(11)18/h7-8,21H,3-6,9-10H2,1-2H3. The van der Waals surface area contributed by atoms with Crippen molar-refractivity contribution < 1.29 is 18.3 Å². The summed E-state index contributed by atoms with van der Waals surface area (Å²) in [6, 6.07) is 2.30. The number of rotatable bonds is 4. The molecule has 1 N–H and O–H groups in total. The molecule has 0 spiro atoms. The van der Waals surface area contributed by atoms with Gasteiger partial charge in [-0.25, -0.2) is 8.78 Å². The first kappa shape index (κ1) is 16.0. The number of esters is 1. The summed E-state index contributed by atoms with van der Waals surface area (Å²) in [4.78, 5) is 15.1. The lowest BCUT2D eigenvalue weighted by atomic mass is 9.69. The van der Waals surface area contributed by atoms with Crippen LogP contribution in [-0.4, -0.2) is 17.6 Å². The Kier molecular flexibility index (Phi) is 4.13. The predicted molar refractivity (Wildman–Crippen MR) is 84.4 cm³/mol. The van der Waals surface area contributed by atoms with Gasteiger partial charge in [0.15, 0.2) is 0 Å². The van der Waals surface area contributed by atoms with Crippen molar-refractivity contribution in [1.29, 1.82) is 0 Å². The van der Waals surface area contributed by atoms with E-state index < -0.39 is 17.0 Å². The smallest absolute Gasteiger partial charge is 0.306 e. The van der Waals surface area contributed by atoms with Crippen LogP contribution in [0.25, 0.3) is 10.9 Å². The predicted octanol–water partition coefficient (Wildman–Crippen LogP) is 4.38. The molecule has 1 atom stereocenters. The van der Waals surface area contributed by atoms with Crippen molar-refractivity contribution in [3.63, 3.8) is 0 Å². The van der Waals surface area contributed by atoms with Crippen LogP contribution in [0, 0.1) is 11.6 Å². The molecule has 1 heterocycles. The van der Waals surface area contributed by atoms with Gasteiger partial charge in [0.05, 0.1) is 18.5 Å². The maximum absolute atomic E-state index is 14.2. The Bertz CT molecular complexity index is 753. The number of hydrogen-bond acceptors (Lipinski definition) is 2. The van der Waals surface area contributed by atoms with Gasteiger partial charge in [-0.3, -0.25) is 4.79 Å². The van der Waals surface area contributed by atoms with Crippen LogP contribution in [0.2, 0.25) is 0 Å². The summed E-state index contributed by atoms with van der Waals surface area (Å²) in [5.74, 6) is -1.14. The zero-order valence-electron chi connectivity index (χ0n) is 13.5. The SMILES string of the molecule is CCOC(=O)CC1(CC)CCCc2c1[nH]c1c(F)ccc(F)c21. The number of aromatic nitrogens is 1. The lowest BCUT2D eigenvalue weighted by molar-refractivity contribution is -0.145. The minimum atomic E-state index is -0.461. The molecule has 5 heteroatoms. The number of nitrogens with one attached hydrogen (secondary N) is 1. The number of H-pyrrole nitrogens is 1. The van der Waals surface area contributed by atoms with Gasteiger partial charge in [-0.2, -0.15) is 0 Å². The average molecular weight is 321 g/mol. The second kappa shape index (κ2) is 5.95. The molecule has 3 rings (SSSR count). The van der Waals surface area contributed by atoms with Crippen LogP contribution < -0.4 is 0 Å². The first-order valence-corrected chi connectivity index (χ1v) is 8.17. The van der Waals surface area contributed by atoms with Crippen LogP contribution in [0.3, 0.4) is 0 Å². The Balaban J connectivity index is 2.16. The van der Waals surface area contributed by atoms with E-state index >= 15 is 0 Å². The summed E-state index contributed by atoms with van der Waals surface area (Å²) < 4.78 is 33.5. The third-order valence-electron chi connectivity index (χ3n) is 5.03. The van der Waals surface area contributed by atoms with E-state index in [1.807, 2.05) is 6.92 Å². The van der Waals surface area contributed by atoms with Crippen molar-refractivity contribution in [2.24, 2.45) is 0 Å². The van der Waals surface area contributed by atoms with Gasteiger partial charge in [0, 0.05) is 16.5 Å². The molecule has 1 aliphatic rings. The fourth-order valence-corrected chi connectivity index (χ4v) is 3.87. The highest BCUT2D eigenvalue weighted by atomic mass is 19.1. The normalized spacial score (nSPS) is 20.5. The van der Waals surface area contributed by atoms with Crippen LogP contribution in [-0.2, 0) is 21.4 Å². The summed E-state index contributed by atoms with van der Waals surface area (Å²) in [7, 11) is 0. The molecule has 1 aliphatic carbocycles. The van der Waals surface area contributed by atoms with Gasteiger partial charge in [-0.05, 0) is 50.3 Å². The molecule has 1 aromatic carbocycles. The van der Waals surface area contributed by atoms with E-state index in [-0.39, 0.29) is 17.9 Å². The van der Waals surface area contributed by atoms with Crippen molar-refractivity contribution in [2.75, 3.05) is 6.61 Å². The van der Waals surface area contributed by atoms with Crippen molar-refractivity contribution in [3.8, 4) is 0 Å².